The monoisotopic (exact) mass is 433 g/mol. The molecule has 30 heavy (non-hydrogen) atoms. The van der Waals surface area contributed by atoms with E-state index < -0.39 is 50.6 Å². The van der Waals surface area contributed by atoms with Crippen LogP contribution in [0.4, 0.5) is 0 Å². The molecule has 1 saturated heterocycles. The van der Waals surface area contributed by atoms with E-state index in [9.17, 15) is 18.9 Å². The lowest BCUT2D eigenvalue weighted by Crippen LogP contribution is -2.57. The largest absolute Gasteiger partial charge is 0.697 e. The number of hydrogen-bond acceptors (Lipinski definition) is 8. The van der Waals surface area contributed by atoms with Crippen LogP contribution >= 0.6 is 8.25 Å². The van der Waals surface area contributed by atoms with E-state index in [0.717, 1.165) is 0 Å². The Morgan fingerprint density at radius 3 is 1.93 bits per heavy atom. The molecular weight excluding hydrogens is 415 g/mol. The van der Waals surface area contributed by atoms with Gasteiger partial charge in [-0.05, 0) is 31.2 Å². The molecule has 1 heterocycles. The molecule has 0 saturated carbocycles. The lowest BCUT2D eigenvalue weighted by atomic mass is 10.0. The maximum absolute atomic E-state index is 12.7. The Bertz CT molecular complexity index is 932. The first kappa shape index (κ1) is 21.7. The summed E-state index contributed by atoms with van der Waals surface area (Å²) >= 11 is 0. The molecule has 156 valence electrons. The van der Waals surface area contributed by atoms with Gasteiger partial charge < -0.3 is 14.2 Å². The van der Waals surface area contributed by atoms with Crippen molar-refractivity contribution in [2.75, 3.05) is 0 Å². The number of rotatable bonds is 6. The van der Waals surface area contributed by atoms with Crippen LogP contribution in [0, 0.1) is 0 Å². The molecule has 0 radical (unpaired) electrons. The summed E-state index contributed by atoms with van der Waals surface area (Å²) in [5, 5.41) is 0. The van der Waals surface area contributed by atoms with E-state index in [1.807, 2.05) is 0 Å². The van der Waals surface area contributed by atoms with Gasteiger partial charge in [0.1, 0.15) is 6.10 Å². The molecule has 0 bridgehead atoms. The van der Waals surface area contributed by atoms with Crippen molar-refractivity contribution in [3.63, 3.8) is 0 Å². The molecule has 1 unspecified atom stereocenters. The van der Waals surface area contributed by atoms with E-state index in [4.69, 9.17) is 23.6 Å². The highest BCUT2D eigenvalue weighted by molar-refractivity contribution is 7.32. The summed E-state index contributed by atoms with van der Waals surface area (Å²) in [5.74, 6) is -2.37. The fourth-order valence-electron chi connectivity index (χ4n) is 2.82. The standard InChI is InChI=1S/C20H17O9P/c1-12-15(21)16(27-18(22)13-8-4-2-5-9-13)17(20(26-12)29-30(24)25)28-19(23)14-10-6-3-7-11-14/h2-12,16-17,20H,1H3/p+1/t12-,16+,17-,20-/m1/s1. The van der Waals surface area contributed by atoms with E-state index in [2.05, 4.69) is 0 Å². The van der Waals surface area contributed by atoms with E-state index in [0.29, 0.717) is 0 Å². The zero-order chi connectivity index (χ0) is 21.7. The zero-order valence-corrected chi connectivity index (χ0v) is 16.6. The number of ether oxygens (including phenoxy) is 3. The molecular formula is C20H18O9P+. The Morgan fingerprint density at radius 2 is 1.43 bits per heavy atom. The van der Waals surface area contributed by atoms with Crippen molar-refractivity contribution >= 4 is 26.0 Å². The number of benzene rings is 2. The van der Waals surface area contributed by atoms with Crippen LogP contribution in [0.3, 0.4) is 0 Å². The number of carbonyl (C=O) groups is 3. The first-order valence-electron chi connectivity index (χ1n) is 8.91. The summed E-state index contributed by atoms with van der Waals surface area (Å²) in [5.41, 5.74) is 0.326. The highest BCUT2D eigenvalue weighted by Gasteiger charge is 2.52. The van der Waals surface area contributed by atoms with Gasteiger partial charge in [0.25, 0.3) is 6.29 Å². The van der Waals surface area contributed by atoms with Crippen molar-refractivity contribution in [2.24, 2.45) is 0 Å². The maximum atomic E-state index is 12.7. The Labute approximate surface area is 172 Å². The van der Waals surface area contributed by atoms with Gasteiger partial charge in [-0.15, -0.1) is 4.89 Å². The summed E-state index contributed by atoms with van der Waals surface area (Å²) < 4.78 is 32.0. The third-order valence-corrected chi connectivity index (χ3v) is 4.66. The number of esters is 2. The van der Waals surface area contributed by atoms with Gasteiger partial charge in [-0.1, -0.05) is 40.9 Å². The van der Waals surface area contributed by atoms with Gasteiger partial charge >= 0.3 is 20.2 Å². The fraction of sp³-hybridized carbons (Fsp3) is 0.250. The Balaban J connectivity index is 1.89. The molecule has 10 heteroatoms. The number of ketones is 1. The van der Waals surface area contributed by atoms with Crippen LogP contribution in [0.15, 0.2) is 60.7 Å². The van der Waals surface area contributed by atoms with Gasteiger partial charge in [0.05, 0.1) is 11.1 Å². The minimum absolute atomic E-state index is 0.156. The third-order valence-electron chi connectivity index (χ3n) is 4.28. The zero-order valence-electron chi connectivity index (χ0n) is 15.7. The second kappa shape index (κ2) is 9.69. The van der Waals surface area contributed by atoms with Crippen molar-refractivity contribution in [2.45, 2.75) is 31.5 Å². The highest BCUT2D eigenvalue weighted by Crippen LogP contribution is 2.31. The first-order valence-corrected chi connectivity index (χ1v) is 10.0. The molecule has 1 N–H and O–H groups in total. The van der Waals surface area contributed by atoms with Gasteiger partial charge in [-0.3, -0.25) is 4.79 Å². The van der Waals surface area contributed by atoms with E-state index in [1.165, 1.54) is 31.2 Å². The predicted molar refractivity (Wildman–Crippen MR) is 102 cm³/mol. The summed E-state index contributed by atoms with van der Waals surface area (Å²) in [6.07, 6.45) is -5.94. The molecule has 3 rings (SSSR count). The minimum atomic E-state index is -3.16. The molecule has 1 fully saturated rings. The van der Waals surface area contributed by atoms with Gasteiger partial charge in [-0.2, -0.15) is 0 Å². The average Bonchev–Trinajstić information content (AvgIpc) is 2.74. The topological polar surface area (TPSA) is 125 Å². The summed E-state index contributed by atoms with van der Waals surface area (Å²) in [6.45, 7) is 1.36. The number of Topliss-reactive ketones (excluding diaryl/α,β-unsaturated/α-hetero) is 1. The van der Waals surface area contributed by atoms with Crippen molar-refractivity contribution in [3.8, 4) is 0 Å². The molecule has 2 aromatic carbocycles. The van der Waals surface area contributed by atoms with Gasteiger partial charge in [0, 0.05) is 4.57 Å². The third kappa shape index (κ3) is 5.14. The van der Waals surface area contributed by atoms with Gasteiger partial charge in [-0.25, -0.2) is 9.59 Å². The van der Waals surface area contributed by atoms with Crippen LogP contribution in [0.5, 0.6) is 0 Å². The molecule has 9 nitrogen and oxygen atoms in total. The average molecular weight is 433 g/mol. The van der Waals surface area contributed by atoms with E-state index >= 15 is 0 Å². The Hall–Kier alpha value is -2.97. The Morgan fingerprint density at radius 1 is 0.933 bits per heavy atom. The summed E-state index contributed by atoms with van der Waals surface area (Å²) in [6, 6.07) is 15.7. The molecule has 5 atom stereocenters. The predicted octanol–water partition coefficient (Wildman–Crippen LogP) is 2.42. The fourth-order valence-corrected chi connectivity index (χ4v) is 3.17. The lowest BCUT2D eigenvalue weighted by molar-refractivity contribution is -0.223. The van der Waals surface area contributed by atoms with E-state index in [1.54, 1.807) is 36.4 Å². The smallest absolute Gasteiger partial charge is 0.449 e. The van der Waals surface area contributed by atoms with Gasteiger partial charge in [0.15, 0.2) is 0 Å². The SMILES string of the molecule is C[C@H]1O[C@H](O[P+](=O)O)[C@H](OC(=O)c2ccccc2)[C@@H](OC(=O)c2ccccc2)C1=O. The van der Waals surface area contributed by atoms with Crippen LogP contribution in [0.2, 0.25) is 0 Å². The Kier molecular flexibility index (Phi) is 7.02. The molecule has 2 aromatic rings. The summed E-state index contributed by atoms with van der Waals surface area (Å²) in [4.78, 5) is 46.8. The molecule has 1 aliphatic heterocycles. The van der Waals surface area contributed by atoms with E-state index in [-0.39, 0.29) is 11.1 Å². The minimum Gasteiger partial charge on any atom is -0.449 e. The van der Waals surface area contributed by atoms with Crippen molar-refractivity contribution in [3.05, 3.63) is 71.8 Å². The first-order chi connectivity index (χ1) is 14.4. The lowest BCUT2D eigenvalue weighted by Gasteiger charge is -2.35. The van der Waals surface area contributed by atoms with Crippen LogP contribution in [0.25, 0.3) is 0 Å². The van der Waals surface area contributed by atoms with Crippen LogP contribution in [-0.2, 0) is 28.1 Å². The quantitative estimate of drug-likeness (QED) is 0.540. The molecule has 0 aliphatic carbocycles. The molecule has 0 amide bonds. The van der Waals surface area contributed by atoms with Crippen LogP contribution in [0.1, 0.15) is 27.6 Å². The van der Waals surface area contributed by atoms with Crippen LogP contribution in [-0.4, -0.2) is 47.2 Å². The molecule has 1 aliphatic rings. The second-order valence-corrected chi connectivity index (χ2v) is 7.01. The molecule has 0 aromatic heterocycles. The number of carbonyl (C=O) groups excluding carboxylic acids is 3. The highest BCUT2D eigenvalue weighted by atomic mass is 31.1. The van der Waals surface area contributed by atoms with Crippen molar-refractivity contribution in [1.29, 1.82) is 0 Å². The number of hydrogen-bond donors (Lipinski definition) is 1. The maximum Gasteiger partial charge on any atom is 0.697 e. The molecule has 0 spiro atoms. The second-order valence-electron chi connectivity index (χ2n) is 6.32. The van der Waals surface area contributed by atoms with Crippen LogP contribution < -0.4 is 0 Å². The summed E-state index contributed by atoms with van der Waals surface area (Å²) in [7, 11) is -3.16. The van der Waals surface area contributed by atoms with Crippen molar-refractivity contribution < 1.29 is 42.6 Å². The van der Waals surface area contributed by atoms with Gasteiger partial charge in [0.2, 0.25) is 18.0 Å². The normalized spacial score (nSPS) is 24.1. The van der Waals surface area contributed by atoms with Crippen molar-refractivity contribution in [1.82, 2.24) is 0 Å².